The number of anilines is 1. The maximum absolute atomic E-state index is 12.5. The van der Waals surface area contributed by atoms with E-state index in [0.29, 0.717) is 13.2 Å². The van der Waals surface area contributed by atoms with Crippen molar-refractivity contribution in [1.82, 2.24) is 15.5 Å². The van der Waals surface area contributed by atoms with Crippen LogP contribution >= 0.6 is 11.3 Å². The van der Waals surface area contributed by atoms with Crippen LogP contribution in [0.4, 0.5) is 5.13 Å². The summed E-state index contributed by atoms with van der Waals surface area (Å²) in [5.41, 5.74) is 0. The van der Waals surface area contributed by atoms with Gasteiger partial charge in [0, 0.05) is 19.0 Å². The Bertz CT molecular complexity index is 687. The third kappa shape index (κ3) is 2.84. The minimum Gasteiger partial charge on any atom is -0.467 e. The van der Waals surface area contributed by atoms with Crippen molar-refractivity contribution in [2.45, 2.75) is 19.6 Å². The second-order valence-electron chi connectivity index (χ2n) is 5.95. The summed E-state index contributed by atoms with van der Waals surface area (Å²) in [6, 6.07) is 3.67. The van der Waals surface area contributed by atoms with E-state index in [-0.39, 0.29) is 23.8 Å². The highest BCUT2D eigenvalue weighted by atomic mass is 32.1. The van der Waals surface area contributed by atoms with Crippen molar-refractivity contribution < 1.29 is 13.9 Å². The topological polar surface area (TPSA) is 80.5 Å². The molecule has 0 radical (unpaired) electrons. The van der Waals surface area contributed by atoms with Crippen molar-refractivity contribution in [3.63, 3.8) is 0 Å². The summed E-state index contributed by atoms with van der Waals surface area (Å²) in [4.78, 5) is 14.6. The van der Waals surface area contributed by atoms with E-state index in [1.165, 1.54) is 0 Å². The molecule has 122 valence electrons. The first-order valence-electron chi connectivity index (χ1n) is 7.67. The first-order chi connectivity index (χ1) is 11.2. The molecule has 0 bridgehead atoms. The van der Waals surface area contributed by atoms with Gasteiger partial charge in [-0.1, -0.05) is 11.3 Å². The van der Waals surface area contributed by atoms with Crippen LogP contribution in [0.3, 0.4) is 0 Å². The van der Waals surface area contributed by atoms with Gasteiger partial charge in [-0.05, 0) is 19.1 Å². The van der Waals surface area contributed by atoms with Crippen molar-refractivity contribution in [3.05, 3.63) is 29.2 Å². The van der Waals surface area contributed by atoms with Crippen LogP contribution in [0.15, 0.2) is 22.8 Å². The summed E-state index contributed by atoms with van der Waals surface area (Å²) in [5.74, 6) is 0.875. The molecule has 0 unspecified atom stereocenters. The average molecular weight is 334 g/mol. The second kappa shape index (κ2) is 5.93. The van der Waals surface area contributed by atoms with Crippen molar-refractivity contribution in [2.24, 2.45) is 11.8 Å². The maximum atomic E-state index is 12.5. The summed E-state index contributed by atoms with van der Waals surface area (Å²) >= 11 is 1.58. The Labute approximate surface area is 137 Å². The quantitative estimate of drug-likeness (QED) is 0.905. The molecule has 0 aromatic carbocycles. The summed E-state index contributed by atoms with van der Waals surface area (Å²) < 4.78 is 11.1. The molecule has 2 aliphatic rings. The molecule has 2 fully saturated rings. The molecule has 8 heteroatoms. The maximum Gasteiger partial charge on any atom is 0.226 e. The number of amides is 1. The molecule has 4 rings (SSSR count). The van der Waals surface area contributed by atoms with Gasteiger partial charge in [-0.25, -0.2) is 0 Å². The second-order valence-corrected chi connectivity index (χ2v) is 7.11. The normalized spacial score (nSPS) is 26.5. The number of carbonyl (C=O) groups is 1. The number of nitrogens with one attached hydrogen (secondary N) is 1. The van der Waals surface area contributed by atoms with Gasteiger partial charge >= 0.3 is 0 Å². The SMILES string of the molecule is Cc1nnc(N2C[C@@H]3[C@H](C2)OC[C@H]3C(=O)NCc2ccco2)s1. The molecule has 2 aromatic heterocycles. The van der Waals surface area contributed by atoms with Gasteiger partial charge in [0.15, 0.2) is 0 Å². The Kier molecular flexibility index (Phi) is 3.78. The summed E-state index contributed by atoms with van der Waals surface area (Å²) in [6.07, 6.45) is 1.70. The summed E-state index contributed by atoms with van der Waals surface area (Å²) in [6.45, 7) is 4.42. The van der Waals surface area contributed by atoms with Crippen molar-refractivity contribution >= 4 is 22.4 Å². The molecule has 23 heavy (non-hydrogen) atoms. The Morgan fingerprint density at radius 2 is 2.39 bits per heavy atom. The van der Waals surface area contributed by atoms with E-state index in [4.69, 9.17) is 9.15 Å². The van der Waals surface area contributed by atoms with E-state index in [1.807, 2.05) is 19.1 Å². The van der Waals surface area contributed by atoms with E-state index in [2.05, 4.69) is 20.4 Å². The van der Waals surface area contributed by atoms with Gasteiger partial charge in [-0.2, -0.15) is 0 Å². The number of nitrogens with zero attached hydrogens (tertiary/aromatic N) is 3. The van der Waals surface area contributed by atoms with Crippen molar-refractivity contribution in [3.8, 4) is 0 Å². The third-order valence-electron chi connectivity index (χ3n) is 4.46. The molecule has 3 atom stereocenters. The molecule has 2 saturated heterocycles. The third-order valence-corrected chi connectivity index (χ3v) is 5.35. The molecular formula is C15H18N4O3S. The fourth-order valence-electron chi connectivity index (χ4n) is 3.27. The highest BCUT2D eigenvalue weighted by Crippen LogP contribution is 2.36. The van der Waals surface area contributed by atoms with Crippen molar-refractivity contribution in [2.75, 3.05) is 24.6 Å². The monoisotopic (exact) mass is 334 g/mol. The van der Waals surface area contributed by atoms with Gasteiger partial charge in [-0.15, -0.1) is 10.2 Å². The number of ether oxygens (including phenoxy) is 1. The Morgan fingerprint density at radius 1 is 1.48 bits per heavy atom. The molecule has 0 saturated carbocycles. The number of hydrogen-bond donors (Lipinski definition) is 1. The van der Waals surface area contributed by atoms with E-state index >= 15 is 0 Å². The van der Waals surface area contributed by atoms with Crippen LogP contribution in [0.25, 0.3) is 0 Å². The largest absolute Gasteiger partial charge is 0.467 e. The zero-order valence-corrected chi connectivity index (χ0v) is 13.6. The predicted molar refractivity (Wildman–Crippen MR) is 84.1 cm³/mol. The van der Waals surface area contributed by atoms with Crippen LogP contribution in [0, 0.1) is 18.8 Å². The lowest BCUT2D eigenvalue weighted by Gasteiger charge is -2.18. The standard InChI is InChI=1S/C15H18N4O3S/c1-9-17-18-15(23-9)19-6-11-12(8-22-13(11)7-19)14(20)16-5-10-3-2-4-21-10/h2-4,11-13H,5-8H2,1H3,(H,16,20)/t11-,12+,13-/m0/s1. The molecule has 4 heterocycles. The highest BCUT2D eigenvalue weighted by molar-refractivity contribution is 7.15. The Morgan fingerprint density at radius 3 is 3.13 bits per heavy atom. The minimum atomic E-state index is -0.117. The molecule has 7 nitrogen and oxygen atoms in total. The molecule has 0 spiro atoms. The summed E-state index contributed by atoms with van der Waals surface area (Å²) in [5, 5.41) is 13.1. The lowest BCUT2D eigenvalue weighted by Crippen LogP contribution is -2.36. The fourth-order valence-corrected chi connectivity index (χ4v) is 3.98. The first kappa shape index (κ1) is 14.6. The van der Waals surface area contributed by atoms with E-state index in [0.717, 1.165) is 29.0 Å². The van der Waals surface area contributed by atoms with E-state index in [9.17, 15) is 4.79 Å². The molecule has 0 aliphatic carbocycles. The predicted octanol–water partition coefficient (Wildman–Crippen LogP) is 1.21. The Hall–Kier alpha value is -1.93. The molecule has 1 N–H and O–H groups in total. The fraction of sp³-hybridized carbons (Fsp3) is 0.533. The molecule has 1 amide bonds. The zero-order chi connectivity index (χ0) is 15.8. The lowest BCUT2D eigenvalue weighted by molar-refractivity contribution is -0.126. The smallest absolute Gasteiger partial charge is 0.226 e. The van der Waals surface area contributed by atoms with Crippen LogP contribution < -0.4 is 10.2 Å². The average Bonchev–Trinajstić information content (AvgIpc) is 3.28. The number of aryl methyl sites for hydroxylation is 1. The summed E-state index contributed by atoms with van der Waals surface area (Å²) in [7, 11) is 0. The van der Waals surface area contributed by atoms with E-state index in [1.54, 1.807) is 17.6 Å². The van der Waals surface area contributed by atoms with Crippen molar-refractivity contribution in [1.29, 1.82) is 0 Å². The van der Waals surface area contributed by atoms with Crippen LogP contribution in [0.5, 0.6) is 0 Å². The van der Waals surface area contributed by atoms with Crippen LogP contribution in [0.1, 0.15) is 10.8 Å². The van der Waals surface area contributed by atoms with E-state index < -0.39 is 0 Å². The van der Waals surface area contributed by atoms with Gasteiger partial charge in [0.2, 0.25) is 11.0 Å². The number of hydrogen-bond acceptors (Lipinski definition) is 7. The van der Waals surface area contributed by atoms with Crippen LogP contribution in [-0.4, -0.2) is 41.9 Å². The van der Waals surface area contributed by atoms with Gasteiger partial charge in [0.25, 0.3) is 0 Å². The van der Waals surface area contributed by atoms with Gasteiger partial charge in [0.1, 0.15) is 10.8 Å². The number of aromatic nitrogens is 2. The van der Waals surface area contributed by atoms with Crippen LogP contribution in [0.2, 0.25) is 0 Å². The number of carbonyl (C=O) groups excluding carboxylic acids is 1. The lowest BCUT2D eigenvalue weighted by atomic mass is 9.92. The highest BCUT2D eigenvalue weighted by Gasteiger charge is 2.47. The van der Waals surface area contributed by atoms with Gasteiger partial charge in [0.05, 0.1) is 31.4 Å². The number of furan rings is 1. The number of rotatable bonds is 4. The molecule has 2 aliphatic heterocycles. The van der Waals surface area contributed by atoms with Gasteiger partial charge < -0.3 is 19.4 Å². The molecule has 2 aromatic rings. The minimum absolute atomic E-state index is 0.0317. The zero-order valence-electron chi connectivity index (χ0n) is 12.8. The van der Waals surface area contributed by atoms with Crippen LogP contribution in [-0.2, 0) is 16.1 Å². The first-order valence-corrected chi connectivity index (χ1v) is 8.49. The number of fused-ring (bicyclic) bond motifs is 1. The Balaban J connectivity index is 1.38. The van der Waals surface area contributed by atoms with Gasteiger partial charge in [-0.3, -0.25) is 4.79 Å². The molecular weight excluding hydrogens is 316 g/mol.